The zero-order chi connectivity index (χ0) is 17.5. The van der Waals surface area contributed by atoms with E-state index < -0.39 is 11.6 Å². The number of halogens is 2. The topological polar surface area (TPSA) is 33.3 Å². The van der Waals surface area contributed by atoms with Crippen LogP contribution in [0.1, 0.15) is 11.1 Å². The lowest BCUT2D eigenvalue weighted by Crippen LogP contribution is -2.21. The maximum atomic E-state index is 13.6. The molecule has 0 radical (unpaired) electrons. The van der Waals surface area contributed by atoms with Crippen LogP contribution in [0, 0.1) is 11.6 Å². The van der Waals surface area contributed by atoms with Crippen molar-refractivity contribution in [3.05, 3.63) is 95.6 Å². The Morgan fingerprint density at radius 2 is 1.52 bits per heavy atom. The molecule has 3 rings (SSSR count). The van der Waals surface area contributed by atoms with Crippen LogP contribution < -0.4 is 15.6 Å². The van der Waals surface area contributed by atoms with Crippen molar-refractivity contribution >= 4 is 5.69 Å². The minimum Gasteiger partial charge on any atom is -0.486 e. The van der Waals surface area contributed by atoms with Crippen LogP contribution in [0.5, 0.6) is 5.75 Å². The van der Waals surface area contributed by atoms with Crippen LogP contribution >= 0.6 is 0 Å². The molecule has 0 aliphatic rings. The molecule has 5 heteroatoms. The van der Waals surface area contributed by atoms with Gasteiger partial charge in [-0.2, -0.15) is 0 Å². The zero-order valence-corrected chi connectivity index (χ0v) is 13.5. The minimum atomic E-state index is -0.581. The molecule has 0 bridgehead atoms. The number of hydrogen-bond acceptors (Lipinski definition) is 3. The summed E-state index contributed by atoms with van der Waals surface area (Å²) in [6.45, 7) is 0.712. The fraction of sp³-hybridized carbons (Fsp3) is 0.100. The number of rotatable bonds is 7. The lowest BCUT2D eigenvalue weighted by atomic mass is 10.1. The average molecular weight is 340 g/mol. The summed E-state index contributed by atoms with van der Waals surface area (Å²) >= 11 is 0. The molecule has 0 saturated carbocycles. The van der Waals surface area contributed by atoms with Crippen molar-refractivity contribution in [2.24, 2.45) is 0 Å². The van der Waals surface area contributed by atoms with Crippen LogP contribution in [-0.4, -0.2) is 0 Å². The number of hydrazine groups is 1. The van der Waals surface area contributed by atoms with E-state index in [-0.39, 0.29) is 12.4 Å². The third-order valence-corrected chi connectivity index (χ3v) is 3.68. The summed E-state index contributed by atoms with van der Waals surface area (Å²) in [5.41, 5.74) is 9.10. The Hall–Kier alpha value is -2.92. The first-order valence-electron chi connectivity index (χ1n) is 7.91. The van der Waals surface area contributed by atoms with Crippen molar-refractivity contribution in [3.63, 3.8) is 0 Å². The third-order valence-electron chi connectivity index (χ3n) is 3.68. The Morgan fingerprint density at radius 3 is 2.32 bits per heavy atom. The number of para-hydroxylation sites is 1. The summed E-state index contributed by atoms with van der Waals surface area (Å²) in [6.07, 6.45) is 0. The molecule has 25 heavy (non-hydrogen) atoms. The predicted molar refractivity (Wildman–Crippen MR) is 94.0 cm³/mol. The summed E-state index contributed by atoms with van der Waals surface area (Å²) in [5.74, 6) is -1.20. The van der Waals surface area contributed by atoms with Gasteiger partial charge in [-0.3, -0.25) is 0 Å². The van der Waals surface area contributed by atoms with Crippen LogP contribution in [0.3, 0.4) is 0 Å². The van der Waals surface area contributed by atoms with Crippen LogP contribution in [0.2, 0.25) is 0 Å². The summed E-state index contributed by atoms with van der Waals surface area (Å²) in [7, 11) is 0. The second-order valence-electron chi connectivity index (χ2n) is 5.48. The van der Waals surface area contributed by atoms with Gasteiger partial charge in [0, 0.05) is 18.3 Å². The number of anilines is 1. The summed E-state index contributed by atoms with van der Waals surface area (Å²) in [6, 6.07) is 20.6. The van der Waals surface area contributed by atoms with Crippen molar-refractivity contribution < 1.29 is 13.5 Å². The molecule has 3 nitrogen and oxygen atoms in total. The molecule has 3 aromatic rings. The molecule has 0 atom stereocenters. The molecule has 128 valence electrons. The monoisotopic (exact) mass is 340 g/mol. The van der Waals surface area contributed by atoms with E-state index in [0.29, 0.717) is 6.54 Å². The molecule has 0 fully saturated rings. The first kappa shape index (κ1) is 16.9. The van der Waals surface area contributed by atoms with Gasteiger partial charge in [0.2, 0.25) is 0 Å². The smallest absolute Gasteiger partial charge is 0.165 e. The molecule has 0 spiro atoms. The maximum Gasteiger partial charge on any atom is 0.165 e. The first-order chi connectivity index (χ1) is 12.2. The van der Waals surface area contributed by atoms with E-state index in [1.807, 2.05) is 54.6 Å². The second kappa shape index (κ2) is 8.26. The van der Waals surface area contributed by atoms with Crippen LogP contribution in [-0.2, 0) is 13.2 Å². The van der Waals surface area contributed by atoms with E-state index in [2.05, 4.69) is 10.9 Å². The van der Waals surface area contributed by atoms with Gasteiger partial charge < -0.3 is 10.2 Å². The standard InChI is InChI=1S/C20H18F2N2O/c21-17-10-11-19(22)20(12-17)25-14-16-7-5-4-6-15(16)13-23-24-18-8-2-1-3-9-18/h1-12,23-24H,13-14H2. The Bertz CT molecular complexity index is 825. The number of benzene rings is 3. The van der Waals surface area contributed by atoms with Gasteiger partial charge in [0.1, 0.15) is 12.4 Å². The van der Waals surface area contributed by atoms with Crippen LogP contribution in [0.4, 0.5) is 14.5 Å². The van der Waals surface area contributed by atoms with Crippen LogP contribution in [0.15, 0.2) is 72.8 Å². The molecule has 0 unspecified atom stereocenters. The van der Waals surface area contributed by atoms with E-state index in [1.165, 1.54) is 0 Å². The van der Waals surface area contributed by atoms with Gasteiger partial charge in [-0.1, -0.05) is 42.5 Å². The molecule has 0 saturated heterocycles. The minimum absolute atomic E-state index is 0.0924. The van der Waals surface area contributed by atoms with Gasteiger partial charge in [-0.15, -0.1) is 0 Å². The third kappa shape index (κ3) is 4.78. The predicted octanol–water partition coefficient (Wildman–Crippen LogP) is 4.66. The van der Waals surface area contributed by atoms with Crippen molar-refractivity contribution in [1.29, 1.82) is 0 Å². The normalized spacial score (nSPS) is 10.5. The molecule has 2 N–H and O–H groups in total. The highest BCUT2D eigenvalue weighted by molar-refractivity contribution is 5.41. The van der Waals surface area contributed by atoms with Gasteiger partial charge in [-0.05, 0) is 35.4 Å². The van der Waals surface area contributed by atoms with Gasteiger partial charge >= 0.3 is 0 Å². The van der Waals surface area contributed by atoms with Crippen molar-refractivity contribution in [2.45, 2.75) is 13.2 Å². The summed E-state index contributed by atoms with van der Waals surface area (Å²) in [5, 5.41) is 0. The van der Waals surface area contributed by atoms with E-state index >= 15 is 0 Å². The Kier molecular flexibility index (Phi) is 5.59. The molecule has 0 aromatic heterocycles. The van der Waals surface area contributed by atoms with Gasteiger partial charge in [-0.25, -0.2) is 14.2 Å². The zero-order valence-electron chi connectivity index (χ0n) is 13.5. The van der Waals surface area contributed by atoms with E-state index in [4.69, 9.17) is 4.74 Å². The maximum absolute atomic E-state index is 13.6. The molecule has 3 aromatic carbocycles. The van der Waals surface area contributed by atoms with Crippen molar-refractivity contribution in [3.8, 4) is 5.75 Å². The van der Waals surface area contributed by atoms with Gasteiger partial charge in [0.05, 0.1) is 0 Å². The number of nitrogens with one attached hydrogen (secondary N) is 2. The Balaban J connectivity index is 1.61. The molecule has 0 aliphatic heterocycles. The lowest BCUT2D eigenvalue weighted by Gasteiger charge is -2.13. The highest BCUT2D eigenvalue weighted by Crippen LogP contribution is 2.20. The Morgan fingerprint density at radius 1 is 0.800 bits per heavy atom. The van der Waals surface area contributed by atoms with Crippen molar-refractivity contribution in [1.82, 2.24) is 5.43 Å². The quantitative estimate of drug-likeness (QED) is 0.614. The largest absolute Gasteiger partial charge is 0.486 e. The first-order valence-corrected chi connectivity index (χ1v) is 7.91. The number of ether oxygens (including phenoxy) is 1. The van der Waals surface area contributed by atoms with Crippen molar-refractivity contribution in [2.75, 3.05) is 5.43 Å². The molecular weight excluding hydrogens is 322 g/mol. The van der Waals surface area contributed by atoms with Crippen LogP contribution in [0.25, 0.3) is 0 Å². The van der Waals surface area contributed by atoms with E-state index in [1.54, 1.807) is 0 Å². The van der Waals surface area contributed by atoms with Gasteiger partial charge in [0.25, 0.3) is 0 Å². The number of hydrogen-bond donors (Lipinski definition) is 2. The highest BCUT2D eigenvalue weighted by Gasteiger charge is 2.07. The van der Waals surface area contributed by atoms with Gasteiger partial charge in [0.15, 0.2) is 11.6 Å². The lowest BCUT2D eigenvalue weighted by molar-refractivity contribution is 0.287. The fourth-order valence-corrected chi connectivity index (χ4v) is 2.38. The summed E-state index contributed by atoms with van der Waals surface area (Å²) in [4.78, 5) is 0. The van der Waals surface area contributed by atoms with E-state index in [9.17, 15) is 8.78 Å². The fourth-order valence-electron chi connectivity index (χ4n) is 2.38. The molecule has 0 heterocycles. The molecular formula is C20H18F2N2O. The summed E-state index contributed by atoms with van der Waals surface area (Å²) < 4.78 is 32.3. The molecule has 0 amide bonds. The highest BCUT2D eigenvalue weighted by atomic mass is 19.1. The van der Waals surface area contributed by atoms with E-state index in [0.717, 1.165) is 35.0 Å². The SMILES string of the molecule is Fc1ccc(F)c(OCc2ccccc2CNNc2ccccc2)c1. The average Bonchev–Trinajstić information content (AvgIpc) is 2.64. The Labute approximate surface area is 145 Å². The second-order valence-corrected chi connectivity index (χ2v) is 5.48. The molecule has 0 aliphatic carbocycles.